The van der Waals surface area contributed by atoms with Gasteiger partial charge in [-0.2, -0.15) is 4.31 Å². The Bertz CT molecular complexity index is 662. The zero-order valence-electron chi connectivity index (χ0n) is 13.6. The third-order valence-corrected chi connectivity index (χ3v) is 5.94. The molecule has 1 aliphatic rings. The van der Waals surface area contributed by atoms with Gasteiger partial charge in [-0.3, -0.25) is 0 Å². The van der Waals surface area contributed by atoms with E-state index in [4.69, 9.17) is 0 Å². The number of likely N-dealkylation sites (N-methyl/N-ethyl adjacent to an activating group) is 1. The smallest absolute Gasteiger partial charge is 0.404 e. The van der Waals surface area contributed by atoms with E-state index >= 15 is 0 Å². The number of alkyl halides is 3. The number of benzene rings is 1. The first kappa shape index (κ1) is 19.0. The number of ether oxygens (including phenoxy) is 1. The molecule has 0 saturated carbocycles. The molecule has 0 spiro atoms. The highest BCUT2D eigenvalue weighted by Gasteiger charge is 2.36. The molecule has 0 radical (unpaired) electrons. The summed E-state index contributed by atoms with van der Waals surface area (Å²) in [6.45, 7) is 0.530. The van der Waals surface area contributed by atoms with Gasteiger partial charge in [-0.25, -0.2) is 8.42 Å². The van der Waals surface area contributed by atoms with Crippen LogP contribution in [0, 0.1) is 0 Å². The van der Waals surface area contributed by atoms with Crippen molar-refractivity contribution < 1.29 is 26.3 Å². The van der Waals surface area contributed by atoms with E-state index in [1.807, 2.05) is 19.0 Å². The Labute approximate surface area is 140 Å². The van der Waals surface area contributed by atoms with Crippen molar-refractivity contribution >= 4 is 10.0 Å². The lowest BCUT2D eigenvalue weighted by atomic mass is 10.1. The Balaban J connectivity index is 2.36. The normalized spacial score (nSPS) is 20.8. The zero-order chi connectivity index (χ0) is 18.0. The molecule has 24 heavy (non-hydrogen) atoms. The van der Waals surface area contributed by atoms with Gasteiger partial charge >= 0.3 is 6.36 Å². The van der Waals surface area contributed by atoms with Crippen molar-refractivity contribution in [2.24, 2.45) is 0 Å². The van der Waals surface area contributed by atoms with E-state index in [0.29, 0.717) is 6.42 Å². The zero-order valence-corrected chi connectivity index (χ0v) is 14.4. The topological polar surface area (TPSA) is 49.9 Å². The van der Waals surface area contributed by atoms with Crippen LogP contribution in [0.15, 0.2) is 29.2 Å². The molecule has 2 rings (SSSR count). The number of nitrogens with zero attached hydrogens (tertiary/aromatic N) is 2. The van der Waals surface area contributed by atoms with Crippen LogP contribution in [0.4, 0.5) is 13.2 Å². The standard InChI is InChI=1S/C15H21F3N2O3S/c1-19(2)12-7-5-6-10-20(11-12)24(21,22)14-9-4-3-8-13(14)23-15(16,17)18/h3-4,8-9,12H,5-7,10-11H2,1-2H3/t12-/m0/s1. The summed E-state index contributed by atoms with van der Waals surface area (Å²) in [6.07, 6.45) is -2.56. The molecule has 9 heteroatoms. The summed E-state index contributed by atoms with van der Waals surface area (Å²) in [5.74, 6) is -0.698. The minimum absolute atomic E-state index is 0.0259. The summed E-state index contributed by atoms with van der Waals surface area (Å²) in [5.41, 5.74) is 0. The molecular weight excluding hydrogens is 345 g/mol. The van der Waals surface area contributed by atoms with E-state index in [1.165, 1.54) is 16.4 Å². The highest BCUT2D eigenvalue weighted by Crippen LogP contribution is 2.32. The Morgan fingerprint density at radius 1 is 1.21 bits per heavy atom. The van der Waals surface area contributed by atoms with Crippen molar-refractivity contribution in [1.82, 2.24) is 9.21 Å². The lowest BCUT2D eigenvalue weighted by molar-refractivity contribution is -0.275. The summed E-state index contributed by atoms with van der Waals surface area (Å²) >= 11 is 0. The molecule has 1 fully saturated rings. The first-order valence-electron chi connectivity index (χ1n) is 7.62. The van der Waals surface area contributed by atoms with Crippen LogP contribution < -0.4 is 4.74 Å². The second kappa shape index (κ2) is 7.28. The summed E-state index contributed by atoms with van der Waals surface area (Å²) < 4.78 is 68.5. The predicted octanol–water partition coefficient (Wildman–Crippen LogP) is 2.69. The van der Waals surface area contributed by atoms with Crippen molar-refractivity contribution in [3.63, 3.8) is 0 Å². The molecule has 5 nitrogen and oxygen atoms in total. The Hall–Kier alpha value is -1.32. The molecule has 0 aromatic heterocycles. The largest absolute Gasteiger partial charge is 0.573 e. The lowest BCUT2D eigenvalue weighted by Gasteiger charge is -2.28. The monoisotopic (exact) mass is 366 g/mol. The number of rotatable bonds is 4. The highest BCUT2D eigenvalue weighted by atomic mass is 32.2. The van der Waals surface area contributed by atoms with Gasteiger partial charge in [-0.05, 0) is 39.1 Å². The SMILES string of the molecule is CN(C)[C@H]1CCCCN(S(=O)(=O)c2ccccc2OC(F)(F)F)C1. The molecule has 1 aromatic rings. The first-order chi connectivity index (χ1) is 11.1. The minimum Gasteiger partial charge on any atom is -0.404 e. The van der Waals surface area contributed by atoms with Crippen LogP contribution in [0.5, 0.6) is 5.75 Å². The molecule has 0 N–H and O–H groups in total. The summed E-state index contributed by atoms with van der Waals surface area (Å²) in [6, 6.07) is 4.88. The van der Waals surface area contributed by atoms with Crippen LogP contribution in [-0.2, 0) is 10.0 Å². The average molecular weight is 366 g/mol. The first-order valence-corrected chi connectivity index (χ1v) is 9.06. The van der Waals surface area contributed by atoms with Gasteiger partial charge in [0.05, 0.1) is 0 Å². The molecule has 0 aliphatic carbocycles. The number of hydrogen-bond acceptors (Lipinski definition) is 4. The van der Waals surface area contributed by atoms with Gasteiger partial charge in [0, 0.05) is 19.1 Å². The van der Waals surface area contributed by atoms with Crippen LogP contribution in [0.3, 0.4) is 0 Å². The van der Waals surface area contributed by atoms with Crippen LogP contribution >= 0.6 is 0 Å². The van der Waals surface area contributed by atoms with E-state index < -0.39 is 27.0 Å². The molecule has 136 valence electrons. The summed E-state index contributed by atoms with van der Waals surface area (Å²) in [4.78, 5) is 1.48. The van der Waals surface area contributed by atoms with Gasteiger partial charge in [0.15, 0.2) is 0 Å². The van der Waals surface area contributed by atoms with Gasteiger partial charge in [-0.1, -0.05) is 18.6 Å². The van der Waals surface area contributed by atoms with Crippen molar-refractivity contribution in [2.75, 3.05) is 27.2 Å². The van der Waals surface area contributed by atoms with Crippen molar-refractivity contribution in [2.45, 2.75) is 36.6 Å². The molecule has 0 bridgehead atoms. The van der Waals surface area contributed by atoms with Gasteiger partial charge < -0.3 is 9.64 Å². The van der Waals surface area contributed by atoms with Gasteiger partial charge in [0.2, 0.25) is 10.0 Å². The fourth-order valence-corrected chi connectivity index (χ4v) is 4.37. The molecule has 1 aliphatic heterocycles. The van der Waals surface area contributed by atoms with Gasteiger partial charge in [0.25, 0.3) is 0 Å². The Morgan fingerprint density at radius 3 is 2.50 bits per heavy atom. The number of para-hydroxylation sites is 1. The van der Waals surface area contributed by atoms with Crippen molar-refractivity contribution in [1.29, 1.82) is 0 Å². The predicted molar refractivity (Wildman–Crippen MR) is 83.2 cm³/mol. The quantitative estimate of drug-likeness (QED) is 0.822. The van der Waals surface area contributed by atoms with Crippen LogP contribution in [0.2, 0.25) is 0 Å². The molecule has 0 unspecified atom stereocenters. The van der Waals surface area contributed by atoms with E-state index in [0.717, 1.165) is 25.0 Å². The second-order valence-corrected chi connectivity index (χ2v) is 7.88. The fourth-order valence-electron chi connectivity index (χ4n) is 2.74. The van der Waals surface area contributed by atoms with E-state index in [2.05, 4.69) is 4.74 Å². The van der Waals surface area contributed by atoms with Crippen LogP contribution in [0.1, 0.15) is 19.3 Å². The highest BCUT2D eigenvalue weighted by molar-refractivity contribution is 7.89. The Kier molecular flexibility index (Phi) is 5.77. The van der Waals surface area contributed by atoms with Gasteiger partial charge in [0.1, 0.15) is 10.6 Å². The van der Waals surface area contributed by atoms with E-state index in [9.17, 15) is 21.6 Å². The molecular formula is C15H21F3N2O3S. The lowest BCUT2D eigenvalue weighted by Crippen LogP contribution is -2.42. The van der Waals surface area contributed by atoms with Crippen molar-refractivity contribution in [3.05, 3.63) is 24.3 Å². The maximum atomic E-state index is 12.9. The maximum absolute atomic E-state index is 12.9. The number of sulfonamides is 1. The molecule has 1 atom stereocenters. The third kappa shape index (κ3) is 4.61. The molecule has 1 aromatic carbocycles. The maximum Gasteiger partial charge on any atom is 0.573 e. The number of hydrogen-bond donors (Lipinski definition) is 0. The number of halogens is 3. The average Bonchev–Trinajstić information content (AvgIpc) is 2.72. The Morgan fingerprint density at radius 2 is 1.88 bits per heavy atom. The van der Waals surface area contributed by atoms with E-state index in [1.54, 1.807) is 0 Å². The second-order valence-electron chi connectivity index (χ2n) is 5.97. The molecule has 1 saturated heterocycles. The minimum atomic E-state index is -4.95. The van der Waals surface area contributed by atoms with Gasteiger partial charge in [-0.15, -0.1) is 13.2 Å². The van der Waals surface area contributed by atoms with E-state index in [-0.39, 0.29) is 19.1 Å². The molecule has 0 amide bonds. The summed E-state index contributed by atoms with van der Waals surface area (Å²) in [5, 5.41) is 0. The van der Waals surface area contributed by atoms with Crippen LogP contribution in [0.25, 0.3) is 0 Å². The third-order valence-electron chi connectivity index (χ3n) is 4.03. The van der Waals surface area contributed by atoms with Crippen LogP contribution in [-0.4, -0.2) is 57.2 Å². The summed E-state index contributed by atoms with van der Waals surface area (Å²) in [7, 11) is -0.348. The molecule has 1 heterocycles. The van der Waals surface area contributed by atoms with Crippen molar-refractivity contribution in [3.8, 4) is 5.75 Å². The fraction of sp³-hybridized carbons (Fsp3) is 0.600.